The van der Waals surface area contributed by atoms with Crippen LogP contribution in [0.2, 0.25) is 0 Å². The first kappa shape index (κ1) is 21.8. The lowest BCUT2D eigenvalue weighted by molar-refractivity contribution is 0.572. The Bertz CT molecular complexity index is 1430. The zero-order chi connectivity index (χ0) is 23.4. The number of sulfonamides is 1. The topological polar surface area (TPSA) is 64.0 Å². The van der Waals surface area contributed by atoms with E-state index in [1.807, 2.05) is 121 Å². The highest BCUT2D eigenvalue weighted by atomic mass is 32.2. The van der Waals surface area contributed by atoms with Gasteiger partial charge in [-0.3, -0.25) is 0 Å². The molecule has 5 nitrogen and oxygen atoms in total. The van der Waals surface area contributed by atoms with Crippen molar-refractivity contribution in [1.29, 1.82) is 0 Å². The molecular weight excluding hydrogens is 442 g/mol. The minimum absolute atomic E-state index is 0.124. The Balaban J connectivity index is 1.62. The number of hydrogen-bond donors (Lipinski definition) is 1. The lowest BCUT2D eigenvalue weighted by atomic mass is 10.00. The number of nitrogens with zero attached hydrogens (tertiary/aromatic N) is 2. The van der Waals surface area contributed by atoms with Crippen LogP contribution in [0.15, 0.2) is 132 Å². The molecule has 0 bridgehead atoms. The van der Waals surface area contributed by atoms with E-state index in [9.17, 15) is 8.42 Å². The van der Waals surface area contributed by atoms with Crippen molar-refractivity contribution < 1.29 is 8.42 Å². The van der Waals surface area contributed by atoms with Crippen molar-refractivity contribution in [3.63, 3.8) is 0 Å². The van der Waals surface area contributed by atoms with E-state index in [0.717, 1.165) is 22.4 Å². The summed E-state index contributed by atoms with van der Waals surface area (Å²) in [6.07, 6.45) is 1.58. The molecule has 0 amide bonds. The van der Waals surface area contributed by atoms with Gasteiger partial charge in [0.25, 0.3) is 0 Å². The number of benzene rings is 4. The number of nitrogens with one attached hydrogen (secondary N) is 1. The maximum Gasteiger partial charge on any atom is 0.245 e. The first-order chi connectivity index (χ1) is 16.6. The van der Waals surface area contributed by atoms with Gasteiger partial charge in [-0.2, -0.15) is 9.82 Å². The number of hydrogen-bond acceptors (Lipinski definition) is 3. The highest BCUT2D eigenvalue weighted by molar-refractivity contribution is 7.89. The van der Waals surface area contributed by atoms with Crippen molar-refractivity contribution in [1.82, 2.24) is 14.5 Å². The quantitative estimate of drug-likeness (QED) is 0.340. The molecule has 0 saturated heterocycles. The molecule has 0 aliphatic carbocycles. The van der Waals surface area contributed by atoms with E-state index >= 15 is 0 Å². The Morgan fingerprint density at radius 3 is 1.65 bits per heavy atom. The van der Waals surface area contributed by atoms with E-state index in [1.165, 1.54) is 0 Å². The summed E-state index contributed by atoms with van der Waals surface area (Å²) in [5, 5.41) is 4.67. The summed E-state index contributed by atoms with van der Waals surface area (Å²) in [4.78, 5) is 0.124. The van der Waals surface area contributed by atoms with Crippen molar-refractivity contribution in [3.8, 4) is 16.9 Å². The van der Waals surface area contributed by atoms with Gasteiger partial charge in [-0.25, -0.2) is 13.1 Å². The number of aromatic nitrogens is 2. The SMILES string of the molecule is O=S(=O)(NC(c1ccccc1)c1ccccc1)c1cn(-c2ccccc2)nc1-c1ccccc1. The van der Waals surface area contributed by atoms with Crippen molar-refractivity contribution in [2.45, 2.75) is 10.9 Å². The molecular formula is C28H23N3O2S. The zero-order valence-corrected chi connectivity index (χ0v) is 19.1. The highest BCUT2D eigenvalue weighted by Crippen LogP contribution is 2.30. The van der Waals surface area contributed by atoms with Crippen LogP contribution < -0.4 is 4.72 Å². The van der Waals surface area contributed by atoms with E-state index in [-0.39, 0.29) is 4.90 Å². The third-order valence-corrected chi connectivity index (χ3v) is 7.00. The molecule has 168 valence electrons. The Hall–Kier alpha value is -4.00. The number of rotatable bonds is 7. The van der Waals surface area contributed by atoms with E-state index in [1.54, 1.807) is 10.9 Å². The first-order valence-electron chi connectivity index (χ1n) is 10.9. The summed E-state index contributed by atoms with van der Waals surface area (Å²) < 4.78 is 32.3. The molecule has 5 aromatic rings. The van der Waals surface area contributed by atoms with Crippen molar-refractivity contribution >= 4 is 10.0 Å². The summed E-state index contributed by atoms with van der Waals surface area (Å²) in [7, 11) is -3.96. The molecule has 0 unspecified atom stereocenters. The van der Waals surface area contributed by atoms with Gasteiger partial charge in [-0.15, -0.1) is 0 Å². The summed E-state index contributed by atoms with van der Waals surface area (Å²) in [6, 6.07) is 37.4. The second-order valence-electron chi connectivity index (χ2n) is 7.86. The van der Waals surface area contributed by atoms with Gasteiger partial charge in [0.2, 0.25) is 10.0 Å². The Labute approximate surface area is 199 Å². The van der Waals surface area contributed by atoms with Gasteiger partial charge in [0, 0.05) is 5.56 Å². The molecule has 0 aliphatic heterocycles. The fourth-order valence-electron chi connectivity index (χ4n) is 3.90. The zero-order valence-electron chi connectivity index (χ0n) is 18.3. The van der Waals surface area contributed by atoms with Crippen molar-refractivity contribution in [2.24, 2.45) is 0 Å². The van der Waals surface area contributed by atoms with Crippen LogP contribution in [-0.4, -0.2) is 18.2 Å². The molecule has 0 radical (unpaired) electrons. The van der Waals surface area contributed by atoms with Gasteiger partial charge in [-0.1, -0.05) is 109 Å². The van der Waals surface area contributed by atoms with Crippen LogP contribution in [0.5, 0.6) is 0 Å². The van der Waals surface area contributed by atoms with E-state index < -0.39 is 16.1 Å². The number of para-hydroxylation sites is 1. The van der Waals surface area contributed by atoms with Gasteiger partial charge >= 0.3 is 0 Å². The van der Waals surface area contributed by atoms with Gasteiger partial charge in [0.1, 0.15) is 10.6 Å². The van der Waals surface area contributed by atoms with Crippen molar-refractivity contribution in [3.05, 3.63) is 139 Å². The maximum atomic E-state index is 13.9. The van der Waals surface area contributed by atoms with E-state index in [2.05, 4.69) is 9.82 Å². The van der Waals surface area contributed by atoms with Crippen LogP contribution in [0.1, 0.15) is 17.2 Å². The van der Waals surface area contributed by atoms with Gasteiger partial charge in [0.15, 0.2) is 0 Å². The minimum Gasteiger partial charge on any atom is -0.239 e. The van der Waals surface area contributed by atoms with E-state index in [4.69, 9.17) is 0 Å². The molecule has 4 aromatic carbocycles. The fraction of sp³-hybridized carbons (Fsp3) is 0.0357. The largest absolute Gasteiger partial charge is 0.245 e. The molecule has 0 aliphatic rings. The molecule has 1 N–H and O–H groups in total. The predicted octanol–water partition coefficient (Wildman–Crippen LogP) is 5.61. The molecule has 0 spiro atoms. The molecule has 0 saturated carbocycles. The minimum atomic E-state index is -3.96. The lowest BCUT2D eigenvalue weighted by Crippen LogP contribution is -2.29. The highest BCUT2D eigenvalue weighted by Gasteiger charge is 2.28. The summed E-state index contributed by atoms with van der Waals surface area (Å²) in [6.45, 7) is 0. The van der Waals surface area contributed by atoms with E-state index in [0.29, 0.717) is 5.69 Å². The molecule has 1 aromatic heterocycles. The Morgan fingerprint density at radius 2 is 1.12 bits per heavy atom. The van der Waals surface area contributed by atoms with Gasteiger partial charge in [-0.05, 0) is 23.3 Å². The Morgan fingerprint density at radius 1 is 0.647 bits per heavy atom. The average molecular weight is 466 g/mol. The van der Waals surface area contributed by atoms with Gasteiger partial charge < -0.3 is 0 Å². The van der Waals surface area contributed by atoms with Crippen LogP contribution in [0.3, 0.4) is 0 Å². The fourth-order valence-corrected chi connectivity index (χ4v) is 5.26. The van der Waals surface area contributed by atoms with Crippen LogP contribution in [-0.2, 0) is 10.0 Å². The molecule has 1 heterocycles. The smallest absolute Gasteiger partial charge is 0.239 e. The Kier molecular flexibility index (Phi) is 6.08. The molecule has 34 heavy (non-hydrogen) atoms. The third kappa shape index (κ3) is 4.55. The summed E-state index contributed by atoms with van der Waals surface area (Å²) in [5.74, 6) is 0. The van der Waals surface area contributed by atoms with Crippen LogP contribution in [0.25, 0.3) is 16.9 Å². The third-order valence-electron chi connectivity index (χ3n) is 5.58. The second-order valence-corrected chi connectivity index (χ2v) is 9.55. The summed E-state index contributed by atoms with van der Waals surface area (Å²) in [5.41, 5.74) is 3.62. The normalized spacial score (nSPS) is 11.6. The average Bonchev–Trinajstić information content (AvgIpc) is 3.36. The van der Waals surface area contributed by atoms with Crippen molar-refractivity contribution in [2.75, 3.05) is 0 Å². The molecule has 5 rings (SSSR count). The predicted molar refractivity (Wildman–Crippen MR) is 134 cm³/mol. The second kappa shape index (κ2) is 9.47. The summed E-state index contributed by atoms with van der Waals surface area (Å²) >= 11 is 0. The van der Waals surface area contributed by atoms with Crippen LogP contribution in [0, 0.1) is 0 Å². The van der Waals surface area contributed by atoms with Crippen LogP contribution >= 0.6 is 0 Å². The maximum absolute atomic E-state index is 13.9. The molecule has 0 atom stereocenters. The van der Waals surface area contributed by atoms with Gasteiger partial charge in [0.05, 0.1) is 17.9 Å². The first-order valence-corrected chi connectivity index (χ1v) is 12.4. The lowest BCUT2D eigenvalue weighted by Gasteiger charge is -2.20. The molecule has 0 fully saturated rings. The monoisotopic (exact) mass is 465 g/mol. The molecule has 6 heteroatoms. The standard InChI is InChI=1S/C28H23N3O2S/c32-34(33,30-27(22-13-5-1-6-14-22)23-15-7-2-8-16-23)26-21-31(25-19-11-4-12-20-25)29-28(26)24-17-9-3-10-18-24/h1-21,27,30H. The van der Waals surface area contributed by atoms with Crippen LogP contribution in [0.4, 0.5) is 0 Å².